The summed E-state index contributed by atoms with van der Waals surface area (Å²) in [6.45, 7) is 14.5. The average Bonchev–Trinajstić information content (AvgIpc) is 2.66. The fourth-order valence-corrected chi connectivity index (χ4v) is 3.81. The number of rotatable bonds is 5. The van der Waals surface area contributed by atoms with Crippen LogP contribution in [0.2, 0.25) is 0 Å². The molecule has 1 unspecified atom stereocenters. The van der Waals surface area contributed by atoms with Crippen LogP contribution < -0.4 is 5.32 Å². The zero-order valence-electron chi connectivity index (χ0n) is 18.3. The molecule has 2 saturated heterocycles. The van der Waals surface area contributed by atoms with Gasteiger partial charge in [-0.25, -0.2) is 0 Å². The van der Waals surface area contributed by atoms with Gasteiger partial charge in [0.1, 0.15) is 0 Å². The quantitative estimate of drug-likeness (QED) is 0.764. The van der Waals surface area contributed by atoms with E-state index in [-0.39, 0.29) is 35.1 Å². The number of nitrogens with one attached hydrogen (secondary N) is 1. The third kappa shape index (κ3) is 6.19. The minimum atomic E-state index is -0.367. The summed E-state index contributed by atoms with van der Waals surface area (Å²) in [6, 6.07) is 0.200. The predicted octanol–water partition coefficient (Wildman–Crippen LogP) is 1.33. The SMILES string of the molecule is CCC(C)NC(=O)CN1CCN(C(=O)C2CCN(C(=O)C(C)(C)C)CC2)CC1. The molecule has 7 nitrogen and oxygen atoms in total. The molecule has 0 aliphatic carbocycles. The fraction of sp³-hybridized carbons (Fsp3) is 0.857. The molecule has 3 amide bonds. The molecule has 7 heteroatoms. The number of hydrogen-bond donors (Lipinski definition) is 1. The van der Waals surface area contributed by atoms with Crippen LogP contribution in [0.4, 0.5) is 0 Å². The van der Waals surface area contributed by atoms with Crippen LogP contribution in [-0.4, -0.2) is 84.3 Å². The largest absolute Gasteiger partial charge is 0.353 e. The lowest BCUT2D eigenvalue weighted by atomic mass is 9.90. The van der Waals surface area contributed by atoms with E-state index in [0.717, 1.165) is 32.4 Å². The Kier molecular flexibility index (Phi) is 7.87. The molecule has 0 bridgehead atoms. The standard InChI is InChI=1S/C21H38N4O3/c1-6-16(2)22-18(26)15-23-11-13-24(14-12-23)19(27)17-7-9-25(10-8-17)20(28)21(3,4)5/h16-17H,6-15H2,1-5H3,(H,22,26). The molecule has 160 valence electrons. The van der Waals surface area contributed by atoms with E-state index < -0.39 is 0 Å². The highest BCUT2D eigenvalue weighted by Crippen LogP contribution is 2.25. The number of carbonyl (C=O) groups excluding carboxylic acids is 3. The first kappa shape index (κ1) is 22.7. The summed E-state index contributed by atoms with van der Waals surface area (Å²) in [6.07, 6.45) is 2.42. The van der Waals surface area contributed by atoms with Gasteiger partial charge < -0.3 is 15.1 Å². The number of piperidine rings is 1. The topological polar surface area (TPSA) is 73.0 Å². The maximum atomic E-state index is 12.9. The van der Waals surface area contributed by atoms with Gasteiger partial charge in [0.25, 0.3) is 0 Å². The van der Waals surface area contributed by atoms with Crippen LogP contribution in [0, 0.1) is 11.3 Å². The molecule has 28 heavy (non-hydrogen) atoms. The van der Waals surface area contributed by atoms with Gasteiger partial charge in [-0.3, -0.25) is 19.3 Å². The van der Waals surface area contributed by atoms with Crippen LogP contribution >= 0.6 is 0 Å². The first-order valence-corrected chi connectivity index (χ1v) is 10.7. The van der Waals surface area contributed by atoms with Crippen molar-refractivity contribution >= 4 is 17.7 Å². The highest BCUT2D eigenvalue weighted by atomic mass is 16.2. The maximum absolute atomic E-state index is 12.9. The smallest absolute Gasteiger partial charge is 0.234 e. The molecule has 0 radical (unpaired) electrons. The van der Waals surface area contributed by atoms with E-state index in [1.165, 1.54) is 0 Å². The van der Waals surface area contributed by atoms with Gasteiger partial charge in [-0.1, -0.05) is 27.7 Å². The van der Waals surface area contributed by atoms with Gasteiger partial charge in [0.15, 0.2) is 0 Å². The molecular formula is C21H38N4O3. The lowest BCUT2D eigenvalue weighted by molar-refractivity contribution is -0.145. The molecule has 0 aromatic rings. The van der Waals surface area contributed by atoms with Crippen LogP contribution in [0.3, 0.4) is 0 Å². The van der Waals surface area contributed by atoms with Crippen LogP contribution in [-0.2, 0) is 14.4 Å². The molecular weight excluding hydrogens is 356 g/mol. The second-order valence-corrected chi connectivity index (χ2v) is 9.29. The Hall–Kier alpha value is -1.63. The Morgan fingerprint density at radius 3 is 2.04 bits per heavy atom. The molecule has 2 fully saturated rings. The van der Waals surface area contributed by atoms with Crippen molar-refractivity contribution in [3.05, 3.63) is 0 Å². The van der Waals surface area contributed by atoms with E-state index in [1.807, 2.05) is 37.5 Å². The zero-order chi connectivity index (χ0) is 20.9. The normalized spacial score (nSPS) is 20.8. The minimum Gasteiger partial charge on any atom is -0.353 e. The molecule has 2 rings (SSSR count). The first-order chi connectivity index (χ1) is 13.1. The number of hydrogen-bond acceptors (Lipinski definition) is 4. The second-order valence-electron chi connectivity index (χ2n) is 9.29. The maximum Gasteiger partial charge on any atom is 0.234 e. The number of likely N-dealkylation sites (tertiary alicyclic amines) is 1. The molecule has 2 heterocycles. The molecule has 1 atom stereocenters. The van der Waals surface area contributed by atoms with Crippen molar-refractivity contribution in [2.45, 2.75) is 59.9 Å². The number of piperazine rings is 1. The molecule has 0 aromatic carbocycles. The van der Waals surface area contributed by atoms with Crippen molar-refractivity contribution in [2.24, 2.45) is 11.3 Å². The van der Waals surface area contributed by atoms with Gasteiger partial charge in [0, 0.05) is 56.6 Å². The van der Waals surface area contributed by atoms with Crippen molar-refractivity contribution in [1.29, 1.82) is 0 Å². The summed E-state index contributed by atoms with van der Waals surface area (Å²) in [4.78, 5) is 43.3. The minimum absolute atomic E-state index is 0.0178. The Bertz CT molecular complexity index is 556. The second kappa shape index (κ2) is 9.72. The molecule has 0 saturated carbocycles. The van der Waals surface area contributed by atoms with Crippen LogP contribution in [0.15, 0.2) is 0 Å². The van der Waals surface area contributed by atoms with E-state index in [4.69, 9.17) is 0 Å². The van der Waals surface area contributed by atoms with Crippen LogP contribution in [0.25, 0.3) is 0 Å². The fourth-order valence-electron chi connectivity index (χ4n) is 3.81. The van der Waals surface area contributed by atoms with Crippen molar-refractivity contribution in [3.63, 3.8) is 0 Å². The highest BCUT2D eigenvalue weighted by molar-refractivity contribution is 5.83. The molecule has 0 aromatic heterocycles. The lowest BCUT2D eigenvalue weighted by Gasteiger charge is -2.39. The summed E-state index contributed by atoms with van der Waals surface area (Å²) < 4.78 is 0. The van der Waals surface area contributed by atoms with Gasteiger partial charge >= 0.3 is 0 Å². The monoisotopic (exact) mass is 394 g/mol. The van der Waals surface area contributed by atoms with Gasteiger partial charge in [-0.05, 0) is 26.2 Å². The Morgan fingerprint density at radius 2 is 1.54 bits per heavy atom. The molecule has 2 aliphatic heterocycles. The van der Waals surface area contributed by atoms with E-state index in [1.54, 1.807) is 0 Å². The Morgan fingerprint density at radius 1 is 0.964 bits per heavy atom. The number of amides is 3. The van der Waals surface area contributed by atoms with E-state index in [0.29, 0.717) is 32.7 Å². The summed E-state index contributed by atoms with van der Waals surface area (Å²) >= 11 is 0. The number of carbonyl (C=O) groups is 3. The van der Waals surface area contributed by atoms with Gasteiger partial charge in [-0.2, -0.15) is 0 Å². The summed E-state index contributed by atoms with van der Waals surface area (Å²) in [7, 11) is 0. The van der Waals surface area contributed by atoms with Gasteiger partial charge in [0.2, 0.25) is 17.7 Å². The van der Waals surface area contributed by atoms with Crippen LogP contribution in [0.1, 0.15) is 53.9 Å². The highest BCUT2D eigenvalue weighted by Gasteiger charge is 2.34. The first-order valence-electron chi connectivity index (χ1n) is 10.7. The third-order valence-corrected chi connectivity index (χ3v) is 5.84. The van der Waals surface area contributed by atoms with Crippen molar-refractivity contribution in [2.75, 3.05) is 45.8 Å². The molecule has 2 aliphatic rings. The molecule has 1 N–H and O–H groups in total. The lowest BCUT2D eigenvalue weighted by Crippen LogP contribution is -2.54. The van der Waals surface area contributed by atoms with E-state index in [2.05, 4.69) is 17.1 Å². The van der Waals surface area contributed by atoms with E-state index >= 15 is 0 Å². The third-order valence-electron chi connectivity index (χ3n) is 5.84. The van der Waals surface area contributed by atoms with Gasteiger partial charge in [-0.15, -0.1) is 0 Å². The van der Waals surface area contributed by atoms with Crippen molar-refractivity contribution < 1.29 is 14.4 Å². The summed E-state index contributed by atoms with van der Waals surface area (Å²) in [5, 5.41) is 2.99. The van der Waals surface area contributed by atoms with Crippen molar-refractivity contribution in [1.82, 2.24) is 20.0 Å². The van der Waals surface area contributed by atoms with Crippen LogP contribution in [0.5, 0.6) is 0 Å². The summed E-state index contributed by atoms with van der Waals surface area (Å²) in [5.41, 5.74) is -0.367. The van der Waals surface area contributed by atoms with Gasteiger partial charge in [0.05, 0.1) is 6.54 Å². The van der Waals surface area contributed by atoms with E-state index in [9.17, 15) is 14.4 Å². The zero-order valence-corrected chi connectivity index (χ0v) is 18.3. The number of nitrogens with zero attached hydrogens (tertiary/aromatic N) is 3. The van der Waals surface area contributed by atoms with Crippen molar-refractivity contribution in [3.8, 4) is 0 Å². The average molecular weight is 395 g/mol. The Labute approximate surface area is 169 Å². The summed E-state index contributed by atoms with van der Waals surface area (Å²) in [5.74, 6) is 0.462. The Balaban J connectivity index is 1.74. The molecule has 0 spiro atoms. The predicted molar refractivity (Wildman–Crippen MR) is 110 cm³/mol.